The predicted octanol–water partition coefficient (Wildman–Crippen LogP) is -0.138. The Hall–Kier alpha value is -1.40. The molecule has 6 heteroatoms. The van der Waals surface area contributed by atoms with Crippen LogP contribution in [0.3, 0.4) is 0 Å². The molecule has 1 amide bonds. The Labute approximate surface area is 105 Å². The van der Waals surface area contributed by atoms with Crippen LogP contribution in [-0.2, 0) is 0 Å². The average Bonchev–Trinajstić information content (AvgIpc) is 2.93. The SMILES string of the molecule is O=C(NC1CNCC1CO)c1cc(C2CC2)on1. The Morgan fingerprint density at radius 2 is 2.39 bits per heavy atom. The fraction of sp³-hybridized carbons (Fsp3) is 0.667. The third-order valence-corrected chi connectivity index (χ3v) is 3.63. The van der Waals surface area contributed by atoms with Crippen LogP contribution in [0.5, 0.6) is 0 Å². The van der Waals surface area contributed by atoms with Crippen molar-refractivity contribution in [2.75, 3.05) is 19.7 Å². The molecule has 1 saturated carbocycles. The normalized spacial score (nSPS) is 27.4. The Balaban J connectivity index is 1.62. The van der Waals surface area contributed by atoms with Gasteiger partial charge in [-0.3, -0.25) is 4.79 Å². The Bertz CT molecular complexity index is 442. The molecule has 1 aliphatic heterocycles. The van der Waals surface area contributed by atoms with Gasteiger partial charge in [0.2, 0.25) is 0 Å². The van der Waals surface area contributed by atoms with Crippen molar-refractivity contribution < 1.29 is 14.4 Å². The monoisotopic (exact) mass is 251 g/mol. The number of carbonyl (C=O) groups excluding carboxylic acids is 1. The third-order valence-electron chi connectivity index (χ3n) is 3.63. The van der Waals surface area contributed by atoms with Crippen LogP contribution < -0.4 is 10.6 Å². The largest absolute Gasteiger partial charge is 0.396 e. The second-order valence-electron chi connectivity index (χ2n) is 5.07. The molecule has 0 aromatic carbocycles. The van der Waals surface area contributed by atoms with E-state index in [1.807, 2.05) is 0 Å². The molecule has 98 valence electrons. The molecule has 6 nitrogen and oxygen atoms in total. The number of aromatic nitrogens is 1. The smallest absolute Gasteiger partial charge is 0.273 e. The number of rotatable bonds is 4. The summed E-state index contributed by atoms with van der Waals surface area (Å²) in [5.74, 6) is 1.11. The fourth-order valence-electron chi connectivity index (χ4n) is 2.29. The molecule has 2 unspecified atom stereocenters. The van der Waals surface area contributed by atoms with Gasteiger partial charge in [0, 0.05) is 43.6 Å². The first-order valence-corrected chi connectivity index (χ1v) is 6.37. The van der Waals surface area contributed by atoms with Gasteiger partial charge in [-0.25, -0.2) is 0 Å². The maximum Gasteiger partial charge on any atom is 0.273 e. The minimum atomic E-state index is -0.224. The highest BCUT2D eigenvalue weighted by Gasteiger charge is 2.31. The number of hydrogen-bond acceptors (Lipinski definition) is 5. The molecule has 0 spiro atoms. The highest BCUT2D eigenvalue weighted by atomic mass is 16.5. The predicted molar refractivity (Wildman–Crippen MR) is 63.2 cm³/mol. The van der Waals surface area contributed by atoms with Gasteiger partial charge in [-0.1, -0.05) is 5.16 Å². The van der Waals surface area contributed by atoms with Crippen LogP contribution in [0.4, 0.5) is 0 Å². The van der Waals surface area contributed by atoms with E-state index in [9.17, 15) is 9.90 Å². The van der Waals surface area contributed by atoms with E-state index >= 15 is 0 Å². The molecule has 2 atom stereocenters. The zero-order valence-electron chi connectivity index (χ0n) is 10.1. The molecular weight excluding hydrogens is 234 g/mol. The fourth-order valence-corrected chi connectivity index (χ4v) is 2.29. The summed E-state index contributed by atoms with van der Waals surface area (Å²) < 4.78 is 5.15. The van der Waals surface area contributed by atoms with Crippen LogP contribution in [0, 0.1) is 5.92 Å². The number of hydrogen-bond donors (Lipinski definition) is 3. The van der Waals surface area contributed by atoms with Gasteiger partial charge in [0.15, 0.2) is 5.69 Å². The zero-order valence-corrected chi connectivity index (χ0v) is 10.1. The van der Waals surface area contributed by atoms with Gasteiger partial charge in [-0.2, -0.15) is 0 Å². The second-order valence-corrected chi connectivity index (χ2v) is 5.07. The first-order chi connectivity index (χ1) is 8.78. The number of nitrogens with zero attached hydrogens (tertiary/aromatic N) is 1. The van der Waals surface area contributed by atoms with E-state index in [-0.39, 0.29) is 24.5 Å². The lowest BCUT2D eigenvalue weighted by Gasteiger charge is -2.16. The topological polar surface area (TPSA) is 87.4 Å². The van der Waals surface area contributed by atoms with Crippen molar-refractivity contribution in [1.82, 2.24) is 15.8 Å². The quantitative estimate of drug-likeness (QED) is 0.693. The molecule has 1 aromatic rings. The van der Waals surface area contributed by atoms with Crippen molar-refractivity contribution in [3.05, 3.63) is 17.5 Å². The van der Waals surface area contributed by atoms with Gasteiger partial charge in [0.25, 0.3) is 5.91 Å². The van der Waals surface area contributed by atoms with Crippen molar-refractivity contribution in [3.8, 4) is 0 Å². The minimum absolute atomic E-state index is 0.0384. The molecule has 3 N–H and O–H groups in total. The Morgan fingerprint density at radius 3 is 3.11 bits per heavy atom. The molecule has 0 bridgehead atoms. The van der Waals surface area contributed by atoms with E-state index in [0.29, 0.717) is 18.2 Å². The van der Waals surface area contributed by atoms with Crippen LogP contribution in [0.2, 0.25) is 0 Å². The van der Waals surface area contributed by atoms with Crippen LogP contribution >= 0.6 is 0 Å². The highest BCUT2D eigenvalue weighted by molar-refractivity contribution is 5.92. The van der Waals surface area contributed by atoms with E-state index < -0.39 is 0 Å². The first kappa shape index (κ1) is 11.7. The molecule has 2 fully saturated rings. The summed E-state index contributed by atoms with van der Waals surface area (Å²) in [6.45, 7) is 1.49. The maximum absolute atomic E-state index is 12.0. The van der Waals surface area contributed by atoms with Crippen molar-refractivity contribution in [2.45, 2.75) is 24.8 Å². The lowest BCUT2D eigenvalue weighted by molar-refractivity contribution is 0.0912. The summed E-state index contributed by atoms with van der Waals surface area (Å²) in [5.41, 5.74) is 0.334. The van der Waals surface area contributed by atoms with Gasteiger partial charge in [0.1, 0.15) is 5.76 Å². The van der Waals surface area contributed by atoms with E-state index in [1.165, 1.54) is 0 Å². The molecule has 1 saturated heterocycles. The van der Waals surface area contributed by atoms with E-state index in [2.05, 4.69) is 15.8 Å². The lowest BCUT2D eigenvalue weighted by Crippen LogP contribution is -2.41. The van der Waals surface area contributed by atoms with Gasteiger partial charge >= 0.3 is 0 Å². The van der Waals surface area contributed by atoms with Gasteiger partial charge in [-0.15, -0.1) is 0 Å². The molecule has 3 rings (SSSR count). The van der Waals surface area contributed by atoms with Crippen molar-refractivity contribution >= 4 is 5.91 Å². The minimum Gasteiger partial charge on any atom is -0.396 e. The number of aliphatic hydroxyl groups excluding tert-OH is 1. The second kappa shape index (κ2) is 4.70. The van der Waals surface area contributed by atoms with Gasteiger partial charge < -0.3 is 20.3 Å². The molecule has 2 heterocycles. The summed E-state index contributed by atoms with van der Waals surface area (Å²) in [6, 6.07) is 1.69. The van der Waals surface area contributed by atoms with E-state index in [0.717, 1.165) is 25.1 Å². The number of carbonyl (C=O) groups is 1. The van der Waals surface area contributed by atoms with Crippen LogP contribution in [0.15, 0.2) is 10.6 Å². The molecule has 1 aliphatic carbocycles. The standard InChI is InChI=1S/C12H17N3O3/c16-6-8-4-13-5-10(8)14-12(17)9-3-11(18-15-9)7-1-2-7/h3,7-8,10,13,16H,1-2,4-6H2,(H,14,17). The number of aliphatic hydroxyl groups is 1. The van der Waals surface area contributed by atoms with E-state index in [4.69, 9.17) is 4.52 Å². The molecular formula is C12H17N3O3. The van der Waals surface area contributed by atoms with Crippen LogP contribution in [0.25, 0.3) is 0 Å². The van der Waals surface area contributed by atoms with Gasteiger partial charge in [-0.05, 0) is 12.8 Å². The average molecular weight is 251 g/mol. The van der Waals surface area contributed by atoms with Gasteiger partial charge in [0.05, 0.1) is 0 Å². The van der Waals surface area contributed by atoms with Crippen LogP contribution in [0.1, 0.15) is 35.0 Å². The molecule has 18 heavy (non-hydrogen) atoms. The molecule has 0 radical (unpaired) electrons. The molecule has 1 aromatic heterocycles. The number of nitrogens with one attached hydrogen (secondary N) is 2. The van der Waals surface area contributed by atoms with Crippen LogP contribution in [-0.4, -0.2) is 41.9 Å². The third kappa shape index (κ3) is 2.26. The summed E-state index contributed by atoms with van der Waals surface area (Å²) in [5, 5.41) is 19.0. The Morgan fingerprint density at radius 1 is 1.56 bits per heavy atom. The van der Waals surface area contributed by atoms with Crippen molar-refractivity contribution in [2.24, 2.45) is 5.92 Å². The van der Waals surface area contributed by atoms with Crippen molar-refractivity contribution in [3.63, 3.8) is 0 Å². The summed E-state index contributed by atoms with van der Waals surface area (Å²) in [6.07, 6.45) is 2.24. The molecule has 2 aliphatic rings. The summed E-state index contributed by atoms with van der Waals surface area (Å²) >= 11 is 0. The van der Waals surface area contributed by atoms with E-state index in [1.54, 1.807) is 6.07 Å². The highest BCUT2D eigenvalue weighted by Crippen LogP contribution is 2.40. The first-order valence-electron chi connectivity index (χ1n) is 6.37. The number of amides is 1. The maximum atomic E-state index is 12.0. The van der Waals surface area contributed by atoms with Crippen molar-refractivity contribution in [1.29, 1.82) is 0 Å². The summed E-state index contributed by atoms with van der Waals surface area (Å²) in [7, 11) is 0. The summed E-state index contributed by atoms with van der Waals surface area (Å²) in [4.78, 5) is 12.0. The lowest BCUT2D eigenvalue weighted by atomic mass is 10.1. The zero-order chi connectivity index (χ0) is 12.5. The Kier molecular flexibility index (Phi) is 3.05.